The summed E-state index contributed by atoms with van der Waals surface area (Å²) in [4.78, 5) is 11.7. The van der Waals surface area contributed by atoms with Crippen molar-refractivity contribution in [3.63, 3.8) is 0 Å². The summed E-state index contributed by atoms with van der Waals surface area (Å²) >= 11 is 0. The third kappa shape index (κ3) is 3.28. The van der Waals surface area contributed by atoms with E-state index >= 15 is 0 Å². The first-order valence-corrected chi connectivity index (χ1v) is 6.33. The van der Waals surface area contributed by atoms with E-state index in [2.05, 4.69) is 6.92 Å². The van der Waals surface area contributed by atoms with Crippen LogP contribution >= 0.6 is 0 Å². The molecule has 0 atom stereocenters. The summed E-state index contributed by atoms with van der Waals surface area (Å²) < 4.78 is 44.0. The molecule has 0 bridgehead atoms. The lowest BCUT2D eigenvalue weighted by Crippen LogP contribution is -2.23. The first-order valence-electron chi connectivity index (χ1n) is 6.33. The summed E-state index contributed by atoms with van der Waals surface area (Å²) in [7, 11) is 0. The van der Waals surface area contributed by atoms with Crippen LogP contribution in [0, 0.1) is 23.4 Å². The second kappa shape index (κ2) is 5.63. The zero-order valence-corrected chi connectivity index (χ0v) is 10.6. The molecule has 19 heavy (non-hydrogen) atoms. The van der Waals surface area contributed by atoms with Crippen molar-refractivity contribution >= 4 is 5.97 Å². The molecule has 1 aromatic rings. The number of rotatable bonds is 2. The highest BCUT2D eigenvalue weighted by Crippen LogP contribution is 2.26. The number of benzene rings is 1. The fourth-order valence-electron chi connectivity index (χ4n) is 2.24. The Balaban J connectivity index is 2.04. The third-order valence-corrected chi connectivity index (χ3v) is 3.46. The Morgan fingerprint density at radius 3 is 2.16 bits per heavy atom. The van der Waals surface area contributed by atoms with E-state index in [0.717, 1.165) is 25.7 Å². The molecule has 2 nitrogen and oxygen atoms in total. The van der Waals surface area contributed by atoms with Crippen LogP contribution < -0.4 is 0 Å². The van der Waals surface area contributed by atoms with Gasteiger partial charge in [0.2, 0.25) is 0 Å². The Labute approximate surface area is 109 Å². The van der Waals surface area contributed by atoms with Gasteiger partial charge in [0.1, 0.15) is 6.10 Å². The molecule has 5 heteroatoms. The van der Waals surface area contributed by atoms with Crippen molar-refractivity contribution in [1.82, 2.24) is 0 Å². The van der Waals surface area contributed by atoms with Crippen LogP contribution in [-0.2, 0) is 4.74 Å². The molecule has 1 aliphatic carbocycles. The summed E-state index contributed by atoms with van der Waals surface area (Å²) in [5.74, 6) is -4.55. The molecule has 0 aliphatic heterocycles. The SMILES string of the molecule is CC1CCC(OC(=O)c2cc(F)c(F)c(F)c2)CC1. The monoisotopic (exact) mass is 272 g/mol. The van der Waals surface area contributed by atoms with Gasteiger partial charge in [0, 0.05) is 0 Å². The molecule has 0 saturated heterocycles. The van der Waals surface area contributed by atoms with Crippen LogP contribution in [0.25, 0.3) is 0 Å². The first kappa shape index (κ1) is 13.9. The molecule has 0 heterocycles. The van der Waals surface area contributed by atoms with Crippen LogP contribution in [0.2, 0.25) is 0 Å². The summed E-state index contributed by atoms with van der Waals surface area (Å²) in [6.45, 7) is 2.13. The molecule has 2 rings (SSSR count). The van der Waals surface area contributed by atoms with Crippen molar-refractivity contribution in [1.29, 1.82) is 0 Å². The highest BCUT2D eigenvalue weighted by molar-refractivity contribution is 5.89. The van der Waals surface area contributed by atoms with Gasteiger partial charge in [-0.25, -0.2) is 18.0 Å². The van der Waals surface area contributed by atoms with Crippen LogP contribution in [-0.4, -0.2) is 12.1 Å². The van der Waals surface area contributed by atoms with Crippen molar-refractivity contribution in [3.8, 4) is 0 Å². The quantitative estimate of drug-likeness (QED) is 0.604. The molecule has 1 fully saturated rings. The third-order valence-electron chi connectivity index (χ3n) is 3.46. The fraction of sp³-hybridized carbons (Fsp3) is 0.500. The van der Waals surface area contributed by atoms with E-state index in [1.807, 2.05) is 0 Å². The minimum absolute atomic E-state index is 0.222. The molecule has 0 aromatic heterocycles. The molecule has 0 unspecified atom stereocenters. The maximum atomic E-state index is 13.0. The van der Waals surface area contributed by atoms with E-state index in [0.29, 0.717) is 18.1 Å². The van der Waals surface area contributed by atoms with E-state index in [1.165, 1.54) is 0 Å². The Morgan fingerprint density at radius 1 is 1.11 bits per heavy atom. The van der Waals surface area contributed by atoms with Gasteiger partial charge in [0.05, 0.1) is 5.56 Å². The zero-order valence-electron chi connectivity index (χ0n) is 10.6. The zero-order chi connectivity index (χ0) is 14.0. The minimum Gasteiger partial charge on any atom is -0.459 e. The van der Waals surface area contributed by atoms with Crippen molar-refractivity contribution in [2.75, 3.05) is 0 Å². The predicted molar refractivity (Wildman–Crippen MR) is 63.2 cm³/mol. The maximum Gasteiger partial charge on any atom is 0.338 e. The van der Waals surface area contributed by atoms with Crippen molar-refractivity contribution in [3.05, 3.63) is 35.1 Å². The van der Waals surface area contributed by atoms with E-state index in [9.17, 15) is 18.0 Å². The van der Waals surface area contributed by atoms with Gasteiger partial charge in [-0.3, -0.25) is 0 Å². The lowest BCUT2D eigenvalue weighted by atomic mass is 9.89. The van der Waals surface area contributed by atoms with Crippen LogP contribution in [0.4, 0.5) is 13.2 Å². The first-order chi connectivity index (χ1) is 8.97. The summed E-state index contributed by atoms with van der Waals surface area (Å²) in [6, 6.07) is 1.32. The standard InChI is InChI=1S/C14H15F3O2/c1-8-2-4-10(5-3-8)19-14(18)9-6-11(15)13(17)12(16)7-9/h6-8,10H,2-5H2,1H3. The second-order valence-electron chi connectivity index (χ2n) is 5.04. The van der Waals surface area contributed by atoms with Gasteiger partial charge in [-0.15, -0.1) is 0 Å². The van der Waals surface area contributed by atoms with E-state index in [4.69, 9.17) is 4.74 Å². The molecule has 0 radical (unpaired) electrons. The van der Waals surface area contributed by atoms with Crippen molar-refractivity contribution < 1.29 is 22.7 Å². The largest absolute Gasteiger partial charge is 0.459 e. The van der Waals surface area contributed by atoms with Crippen molar-refractivity contribution in [2.24, 2.45) is 5.92 Å². The van der Waals surface area contributed by atoms with Crippen LogP contribution in [0.1, 0.15) is 43.0 Å². The molecule has 1 aromatic carbocycles. The lowest BCUT2D eigenvalue weighted by molar-refractivity contribution is 0.0172. The number of carbonyl (C=O) groups excluding carboxylic acids is 1. The van der Waals surface area contributed by atoms with Gasteiger partial charge >= 0.3 is 5.97 Å². The molecular formula is C14H15F3O2. The number of halogens is 3. The van der Waals surface area contributed by atoms with E-state index in [-0.39, 0.29) is 11.7 Å². The Kier molecular flexibility index (Phi) is 4.12. The van der Waals surface area contributed by atoms with Gasteiger partial charge in [0.15, 0.2) is 17.5 Å². The number of ether oxygens (including phenoxy) is 1. The highest BCUT2D eigenvalue weighted by Gasteiger charge is 2.23. The average Bonchev–Trinajstić information content (AvgIpc) is 2.38. The molecule has 104 valence electrons. The number of hydrogen-bond donors (Lipinski definition) is 0. The number of hydrogen-bond acceptors (Lipinski definition) is 2. The van der Waals surface area contributed by atoms with Gasteiger partial charge in [0.25, 0.3) is 0 Å². The normalized spacial score (nSPS) is 23.2. The lowest BCUT2D eigenvalue weighted by Gasteiger charge is -2.25. The Morgan fingerprint density at radius 2 is 1.63 bits per heavy atom. The molecule has 1 saturated carbocycles. The van der Waals surface area contributed by atoms with Gasteiger partial charge in [-0.2, -0.15) is 0 Å². The molecule has 0 N–H and O–H groups in total. The highest BCUT2D eigenvalue weighted by atomic mass is 19.2. The van der Waals surface area contributed by atoms with Crippen LogP contribution in [0.15, 0.2) is 12.1 Å². The summed E-state index contributed by atoms with van der Waals surface area (Å²) in [5, 5.41) is 0. The molecule has 0 spiro atoms. The molecule has 1 aliphatic rings. The topological polar surface area (TPSA) is 26.3 Å². The van der Waals surface area contributed by atoms with Crippen LogP contribution in [0.3, 0.4) is 0 Å². The number of esters is 1. The smallest absolute Gasteiger partial charge is 0.338 e. The minimum atomic E-state index is -1.58. The second-order valence-corrected chi connectivity index (χ2v) is 5.04. The number of carbonyl (C=O) groups is 1. The maximum absolute atomic E-state index is 13.0. The Hall–Kier alpha value is -1.52. The van der Waals surface area contributed by atoms with Gasteiger partial charge in [-0.05, 0) is 43.7 Å². The predicted octanol–water partition coefficient (Wildman–Crippen LogP) is 3.84. The van der Waals surface area contributed by atoms with Gasteiger partial charge in [-0.1, -0.05) is 6.92 Å². The Bertz CT molecular complexity index is 457. The van der Waals surface area contributed by atoms with E-state index in [1.54, 1.807) is 0 Å². The molecule has 0 amide bonds. The van der Waals surface area contributed by atoms with Crippen LogP contribution in [0.5, 0.6) is 0 Å². The van der Waals surface area contributed by atoms with Crippen molar-refractivity contribution in [2.45, 2.75) is 38.7 Å². The summed E-state index contributed by atoms with van der Waals surface area (Å²) in [6.07, 6.45) is 3.20. The summed E-state index contributed by atoms with van der Waals surface area (Å²) in [5.41, 5.74) is -0.296. The molecular weight excluding hydrogens is 257 g/mol. The fourth-order valence-corrected chi connectivity index (χ4v) is 2.24. The van der Waals surface area contributed by atoms with Gasteiger partial charge < -0.3 is 4.74 Å². The van der Waals surface area contributed by atoms with E-state index < -0.39 is 23.4 Å². The average molecular weight is 272 g/mol.